The number of carboxylic acid groups (broad SMARTS) is 1. The third kappa shape index (κ3) is 3.75. The van der Waals surface area contributed by atoms with Crippen LogP contribution in [0.1, 0.15) is 56.6 Å². The predicted molar refractivity (Wildman–Crippen MR) is 92.8 cm³/mol. The molecule has 0 spiro atoms. The zero-order chi connectivity index (χ0) is 17.1. The molecule has 5 heteroatoms. The fourth-order valence-corrected chi connectivity index (χ4v) is 4.33. The first kappa shape index (κ1) is 17.3. The molecule has 0 bridgehead atoms. The number of likely N-dealkylation sites (tertiary alicyclic amines) is 1. The largest absolute Gasteiger partial charge is 0.481 e. The van der Waals surface area contributed by atoms with Crippen LogP contribution in [0.15, 0.2) is 24.3 Å². The van der Waals surface area contributed by atoms with Crippen LogP contribution < -0.4 is 0 Å². The summed E-state index contributed by atoms with van der Waals surface area (Å²) in [6.45, 7) is 0.754. The molecule has 1 aromatic carbocycles. The van der Waals surface area contributed by atoms with Crippen molar-refractivity contribution in [3.05, 3.63) is 34.9 Å². The lowest BCUT2D eigenvalue weighted by Crippen LogP contribution is -2.43. The maximum Gasteiger partial charge on any atom is 0.306 e. The number of benzene rings is 1. The molecule has 24 heavy (non-hydrogen) atoms. The number of hydrogen-bond donors (Lipinski definition) is 1. The van der Waals surface area contributed by atoms with Gasteiger partial charge in [0.15, 0.2) is 0 Å². The zero-order valence-corrected chi connectivity index (χ0v) is 14.5. The molecule has 1 N–H and O–H groups in total. The second-order valence-corrected chi connectivity index (χ2v) is 7.43. The highest BCUT2D eigenvalue weighted by Gasteiger charge is 2.36. The SMILES string of the molecule is O=C(O)C1CCCC(C(=O)N2CCCCC2c2cccc(Cl)c2)C1. The molecule has 2 aliphatic rings. The summed E-state index contributed by atoms with van der Waals surface area (Å²) in [6, 6.07) is 7.81. The molecule has 0 radical (unpaired) electrons. The molecule has 3 atom stereocenters. The first-order valence-corrected chi connectivity index (χ1v) is 9.23. The van der Waals surface area contributed by atoms with Crippen molar-refractivity contribution in [3.8, 4) is 0 Å². The number of amides is 1. The third-order valence-electron chi connectivity index (χ3n) is 5.39. The van der Waals surface area contributed by atoms with Crippen LogP contribution in [0.2, 0.25) is 5.02 Å². The number of rotatable bonds is 3. The van der Waals surface area contributed by atoms with Gasteiger partial charge < -0.3 is 10.0 Å². The Balaban J connectivity index is 1.77. The van der Waals surface area contributed by atoms with E-state index in [1.807, 2.05) is 29.2 Å². The van der Waals surface area contributed by atoms with E-state index in [2.05, 4.69) is 0 Å². The first-order valence-electron chi connectivity index (χ1n) is 8.85. The highest BCUT2D eigenvalue weighted by atomic mass is 35.5. The summed E-state index contributed by atoms with van der Waals surface area (Å²) in [5.74, 6) is -1.16. The van der Waals surface area contributed by atoms with Gasteiger partial charge in [-0.25, -0.2) is 0 Å². The summed E-state index contributed by atoms with van der Waals surface area (Å²) < 4.78 is 0. The molecular formula is C19H24ClNO3. The molecule has 1 aliphatic carbocycles. The van der Waals surface area contributed by atoms with Gasteiger partial charge in [0.05, 0.1) is 12.0 Å². The molecule has 1 amide bonds. The second kappa shape index (κ2) is 7.56. The maximum atomic E-state index is 13.1. The van der Waals surface area contributed by atoms with Gasteiger partial charge in [-0.1, -0.05) is 30.2 Å². The van der Waals surface area contributed by atoms with E-state index in [1.54, 1.807) is 0 Å². The smallest absolute Gasteiger partial charge is 0.306 e. The molecular weight excluding hydrogens is 326 g/mol. The molecule has 4 nitrogen and oxygen atoms in total. The van der Waals surface area contributed by atoms with E-state index >= 15 is 0 Å². The summed E-state index contributed by atoms with van der Waals surface area (Å²) in [5.41, 5.74) is 1.08. The molecule has 3 rings (SSSR count). The molecule has 130 valence electrons. The van der Waals surface area contributed by atoms with Crippen LogP contribution in [-0.2, 0) is 9.59 Å². The third-order valence-corrected chi connectivity index (χ3v) is 5.63. The number of carbonyl (C=O) groups is 2. The van der Waals surface area contributed by atoms with Crippen LogP contribution in [-0.4, -0.2) is 28.4 Å². The Labute approximate surface area is 147 Å². The standard InChI is InChI=1S/C19H24ClNO3/c20-16-8-4-5-13(12-16)17-9-1-2-10-21(17)18(22)14-6-3-7-15(11-14)19(23)24/h4-5,8,12,14-15,17H,1-3,6-7,9-11H2,(H,23,24). The fourth-order valence-electron chi connectivity index (χ4n) is 4.13. The van der Waals surface area contributed by atoms with Gasteiger partial charge in [-0.2, -0.15) is 0 Å². The lowest BCUT2D eigenvalue weighted by Gasteiger charge is -2.39. The summed E-state index contributed by atoms with van der Waals surface area (Å²) in [6.07, 6.45) is 5.86. The molecule has 1 heterocycles. The molecule has 2 fully saturated rings. The van der Waals surface area contributed by atoms with E-state index in [-0.39, 0.29) is 23.8 Å². The highest BCUT2D eigenvalue weighted by molar-refractivity contribution is 6.30. The zero-order valence-electron chi connectivity index (χ0n) is 13.8. The minimum atomic E-state index is -0.766. The van der Waals surface area contributed by atoms with E-state index in [0.29, 0.717) is 17.9 Å². The predicted octanol–water partition coefficient (Wildman–Crippen LogP) is 4.28. The molecule has 1 saturated heterocycles. The van der Waals surface area contributed by atoms with Gasteiger partial charge in [0, 0.05) is 17.5 Å². The van der Waals surface area contributed by atoms with E-state index in [0.717, 1.165) is 44.2 Å². The minimum absolute atomic E-state index is 0.0650. The number of piperidine rings is 1. The molecule has 1 saturated carbocycles. The van der Waals surface area contributed by atoms with Gasteiger partial charge in [0.25, 0.3) is 0 Å². The monoisotopic (exact) mass is 349 g/mol. The number of halogens is 1. The van der Waals surface area contributed by atoms with Crippen molar-refractivity contribution < 1.29 is 14.7 Å². The van der Waals surface area contributed by atoms with Crippen molar-refractivity contribution in [1.82, 2.24) is 4.90 Å². The average molecular weight is 350 g/mol. The topological polar surface area (TPSA) is 57.6 Å². The Morgan fingerprint density at radius 1 is 1.08 bits per heavy atom. The van der Waals surface area contributed by atoms with Crippen molar-refractivity contribution >= 4 is 23.5 Å². The number of carbonyl (C=O) groups excluding carboxylic acids is 1. The quantitative estimate of drug-likeness (QED) is 0.885. The Morgan fingerprint density at radius 2 is 1.88 bits per heavy atom. The second-order valence-electron chi connectivity index (χ2n) is 7.00. The average Bonchev–Trinajstić information content (AvgIpc) is 2.61. The van der Waals surface area contributed by atoms with Crippen molar-refractivity contribution in [2.45, 2.75) is 51.0 Å². The minimum Gasteiger partial charge on any atom is -0.481 e. The first-order chi connectivity index (χ1) is 11.6. The summed E-state index contributed by atoms with van der Waals surface area (Å²) in [5, 5.41) is 9.96. The number of hydrogen-bond acceptors (Lipinski definition) is 2. The number of nitrogens with zero attached hydrogens (tertiary/aromatic N) is 1. The summed E-state index contributed by atoms with van der Waals surface area (Å²) in [4.78, 5) is 26.3. The number of aliphatic carboxylic acids is 1. The Morgan fingerprint density at radius 3 is 2.62 bits per heavy atom. The van der Waals surface area contributed by atoms with Gasteiger partial charge in [-0.3, -0.25) is 9.59 Å². The molecule has 3 unspecified atom stereocenters. The Bertz CT molecular complexity index is 618. The van der Waals surface area contributed by atoms with Crippen LogP contribution in [0.25, 0.3) is 0 Å². The number of carboxylic acids is 1. The maximum absolute atomic E-state index is 13.1. The highest BCUT2D eigenvalue weighted by Crippen LogP contribution is 2.37. The van der Waals surface area contributed by atoms with E-state index < -0.39 is 5.97 Å². The van der Waals surface area contributed by atoms with E-state index in [1.165, 1.54) is 0 Å². The van der Waals surface area contributed by atoms with Crippen LogP contribution in [0.5, 0.6) is 0 Å². The van der Waals surface area contributed by atoms with Gasteiger partial charge >= 0.3 is 5.97 Å². The van der Waals surface area contributed by atoms with E-state index in [9.17, 15) is 14.7 Å². The fraction of sp³-hybridized carbons (Fsp3) is 0.579. The molecule has 1 aromatic rings. The van der Waals surface area contributed by atoms with Crippen LogP contribution in [0.4, 0.5) is 0 Å². The van der Waals surface area contributed by atoms with Crippen LogP contribution in [0.3, 0.4) is 0 Å². The van der Waals surface area contributed by atoms with E-state index in [4.69, 9.17) is 11.6 Å². The van der Waals surface area contributed by atoms with Crippen molar-refractivity contribution in [1.29, 1.82) is 0 Å². The lowest BCUT2D eigenvalue weighted by atomic mass is 9.80. The Hall–Kier alpha value is -1.55. The Kier molecular flexibility index (Phi) is 5.44. The lowest BCUT2D eigenvalue weighted by molar-refractivity contribution is -0.146. The molecule has 1 aliphatic heterocycles. The van der Waals surface area contributed by atoms with Gasteiger partial charge in [-0.05, 0) is 56.2 Å². The molecule has 0 aromatic heterocycles. The van der Waals surface area contributed by atoms with Crippen molar-refractivity contribution in [2.24, 2.45) is 11.8 Å². The van der Waals surface area contributed by atoms with Crippen molar-refractivity contribution in [3.63, 3.8) is 0 Å². The van der Waals surface area contributed by atoms with Crippen molar-refractivity contribution in [2.75, 3.05) is 6.54 Å². The van der Waals surface area contributed by atoms with Crippen LogP contribution >= 0.6 is 11.6 Å². The van der Waals surface area contributed by atoms with Gasteiger partial charge in [-0.15, -0.1) is 0 Å². The van der Waals surface area contributed by atoms with Gasteiger partial charge in [0.1, 0.15) is 0 Å². The summed E-state index contributed by atoms with van der Waals surface area (Å²) >= 11 is 6.13. The van der Waals surface area contributed by atoms with Crippen LogP contribution in [0, 0.1) is 11.8 Å². The summed E-state index contributed by atoms with van der Waals surface area (Å²) in [7, 11) is 0. The van der Waals surface area contributed by atoms with Gasteiger partial charge in [0.2, 0.25) is 5.91 Å². The normalized spacial score (nSPS) is 27.7.